The first-order valence-corrected chi connectivity index (χ1v) is 11.1. The normalized spacial score (nSPS) is 15.5. The summed E-state index contributed by atoms with van der Waals surface area (Å²) in [6, 6.07) is 16.8. The number of benzene rings is 2. The van der Waals surface area contributed by atoms with Gasteiger partial charge in [0.15, 0.2) is 5.60 Å². The van der Waals surface area contributed by atoms with Gasteiger partial charge in [0.1, 0.15) is 0 Å². The Morgan fingerprint density at radius 3 is 2.35 bits per heavy atom. The highest BCUT2D eigenvalue weighted by atomic mass is 79.9. The lowest BCUT2D eigenvalue weighted by Gasteiger charge is -2.40. The summed E-state index contributed by atoms with van der Waals surface area (Å²) in [5, 5.41) is 1.91. The van der Waals surface area contributed by atoms with Crippen LogP contribution in [-0.2, 0) is 15.1 Å². The van der Waals surface area contributed by atoms with Crippen molar-refractivity contribution in [2.75, 3.05) is 19.7 Å². The maximum Gasteiger partial charge on any atom is 0.409 e. The van der Waals surface area contributed by atoms with Gasteiger partial charge >= 0.3 is 12.1 Å². The van der Waals surface area contributed by atoms with Crippen LogP contribution < -0.4 is 0 Å². The largest absolute Gasteiger partial charge is 0.450 e. The Labute approximate surface area is 189 Å². The molecule has 1 saturated heterocycles. The number of ether oxygens (including phenoxy) is 2. The SMILES string of the molecule is CCOC(=O)N1CCC(OC(=O)c2ccccc2)(c2ncc(Br)c3ccccc23)CC1. The number of esters is 1. The Hall–Kier alpha value is -2.93. The smallest absolute Gasteiger partial charge is 0.409 e. The maximum atomic E-state index is 13.0. The molecule has 2 heterocycles. The molecule has 0 saturated carbocycles. The average Bonchev–Trinajstić information content (AvgIpc) is 2.80. The summed E-state index contributed by atoms with van der Waals surface area (Å²) in [6.07, 6.45) is 2.26. The highest BCUT2D eigenvalue weighted by molar-refractivity contribution is 9.10. The van der Waals surface area contributed by atoms with Crippen molar-refractivity contribution in [1.82, 2.24) is 9.88 Å². The summed E-state index contributed by atoms with van der Waals surface area (Å²) in [5.74, 6) is -0.404. The summed E-state index contributed by atoms with van der Waals surface area (Å²) >= 11 is 3.57. The molecule has 1 aliphatic rings. The van der Waals surface area contributed by atoms with Gasteiger partial charge in [0.25, 0.3) is 0 Å². The minimum atomic E-state index is -0.948. The first-order chi connectivity index (χ1) is 15.0. The molecule has 2 aromatic carbocycles. The number of aromatic nitrogens is 1. The third kappa shape index (κ3) is 4.28. The third-order valence-electron chi connectivity index (χ3n) is 5.57. The number of halogens is 1. The molecular weight excluding hydrogens is 460 g/mol. The number of hydrogen-bond donors (Lipinski definition) is 0. The first-order valence-electron chi connectivity index (χ1n) is 10.3. The van der Waals surface area contributed by atoms with Gasteiger partial charge in [-0.3, -0.25) is 4.98 Å². The zero-order chi connectivity index (χ0) is 21.8. The highest BCUT2D eigenvalue weighted by Crippen LogP contribution is 2.41. The molecule has 1 fully saturated rings. The van der Waals surface area contributed by atoms with Crippen LogP contribution in [0.1, 0.15) is 35.8 Å². The Bertz CT molecular complexity index is 1100. The summed E-state index contributed by atoms with van der Waals surface area (Å²) in [5.41, 5.74) is 0.242. The number of carbonyl (C=O) groups excluding carboxylic acids is 2. The van der Waals surface area contributed by atoms with E-state index in [1.165, 1.54) is 0 Å². The second-order valence-electron chi connectivity index (χ2n) is 7.44. The molecule has 160 valence electrons. The minimum Gasteiger partial charge on any atom is -0.450 e. The summed E-state index contributed by atoms with van der Waals surface area (Å²) in [7, 11) is 0. The lowest BCUT2D eigenvalue weighted by atomic mass is 9.85. The van der Waals surface area contributed by atoms with E-state index in [4.69, 9.17) is 14.5 Å². The number of pyridine rings is 1. The quantitative estimate of drug-likeness (QED) is 0.471. The van der Waals surface area contributed by atoms with Crippen LogP contribution in [0.5, 0.6) is 0 Å². The van der Waals surface area contributed by atoms with Crippen LogP contribution >= 0.6 is 15.9 Å². The van der Waals surface area contributed by atoms with Gasteiger partial charge in [0.05, 0.1) is 17.9 Å². The van der Waals surface area contributed by atoms with E-state index in [-0.39, 0.29) is 6.09 Å². The highest BCUT2D eigenvalue weighted by Gasteiger charge is 2.43. The molecule has 0 spiro atoms. The fourth-order valence-corrected chi connectivity index (χ4v) is 4.43. The van der Waals surface area contributed by atoms with Crippen LogP contribution in [0.3, 0.4) is 0 Å². The molecule has 6 nitrogen and oxygen atoms in total. The fourth-order valence-electron chi connectivity index (χ4n) is 3.98. The van der Waals surface area contributed by atoms with Crippen molar-refractivity contribution in [1.29, 1.82) is 0 Å². The van der Waals surface area contributed by atoms with Crippen molar-refractivity contribution in [3.8, 4) is 0 Å². The molecule has 1 amide bonds. The second-order valence-corrected chi connectivity index (χ2v) is 8.29. The van der Waals surface area contributed by atoms with Crippen LogP contribution in [0.2, 0.25) is 0 Å². The summed E-state index contributed by atoms with van der Waals surface area (Å²) in [4.78, 5) is 31.6. The molecular formula is C24H23BrN2O4. The Morgan fingerprint density at radius 2 is 1.68 bits per heavy atom. The zero-order valence-electron chi connectivity index (χ0n) is 17.2. The Morgan fingerprint density at radius 1 is 1.03 bits per heavy atom. The van der Waals surface area contributed by atoms with Crippen molar-refractivity contribution in [2.45, 2.75) is 25.4 Å². The number of fused-ring (bicyclic) bond motifs is 1. The predicted octanol–water partition coefficient (Wildman–Crippen LogP) is 5.30. The van der Waals surface area contributed by atoms with Crippen LogP contribution in [0, 0.1) is 0 Å². The maximum absolute atomic E-state index is 13.0. The van der Waals surface area contributed by atoms with Gasteiger partial charge in [-0.2, -0.15) is 0 Å². The van der Waals surface area contributed by atoms with E-state index in [1.54, 1.807) is 42.3 Å². The van der Waals surface area contributed by atoms with Crippen molar-refractivity contribution in [3.63, 3.8) is 0 Å². The lowest BCUT2D eigenvalue weighted by molar-refractivity contribution is -0.0549. The van der Waals surface area contributed by atoms with Gasteiger partial charge in [0, 0.05) is 42.0 Å². The topological polar surface area (TPSA) is 68.7 Å². The number of nitrogens with zero attached hydrogens (tertiary/aromatic N) is 2. The molecule has 4 rings (SSSR count). The number of carbonyl (C=O) groups is 2. The third-order valence-corrected chi connectivity index (χ3v) is 6.20. The van der Waals surface area contributed by atoms with Crippen LogP contribution in [0.25, 0.3) is 10.8 Å². The number of amides is 1. The van der Waals surface area contributed by atoms with E-state index in [1.807, 2.05) is 30.3 Å². The summed E-state index contributed by atoms with van der Waals surface area (Å²) in [6.45, 7) is 2.92. The molecule has 0 aliphatic carbocycles. The molecule has 31 heavy (non-hydrogen) atoms. The molecule has 3 aromatic rings. The van der Waals surface area contributed by atoms with Gasteiger partial charge in [0.2, 0.25) is 0 Å². The van der Waals surface area contributed by atoms with Gasteiger partial charge in [-0.25, -0.2) is 9.59 Å². The fraction of sp³-hybridized carbons (Fsp3) is 0.292. The second kappa shape index (κ2) is 9.06. The molecule has 1 aliphatic heterocycles. The average molecular weight is 483 g/mol. The van der Waals surface area contributed by atoms with E-state index < -0.39 is 11.6 Å². The molecule has 0 bridgehead atoms. The number of rotatable bonds is 4. The molecule has 1 aromatic heterocycles. The molecule has 0 atom stereocenters. The number of piperidine rings is 1. The van der Waals surface area contributed by atoms with Crippen molar-refractivity contribution in [3.05, 3.63) is 76.5 Å². The van der Waals surface area contributed by atoms with Crippen LogP contribution in [0.4, 0.5) is 4.79 Å². The van der Waals surface area contributed by atoms with E-state index >= 15 is 0 Å². The summed E-state index contributed by atoms with van der Waals surface area (Å²) < 4.78 is 12.2. The molecule has 7 heteroatoms. The standard InChI is InChI=1S/C24H23BrN2O4/c1-2-30-23(29)27-14-12-24(13-15-27,31-22(28)17-8-4-3-5-9-17)21-19-11-7-6-10-18(19)20(25)16-26-21/h3-11,16H,2,12-15H2,1H3. The monoisotopic (exact) mass is 482 g/mol. The van der Waals surface area contributed by atoms with Crippen LogP contribution in [-0.4, -0.2) is 41.6 Å². The van der Waals surface area contributed by atoms with E-state index in [0.717, 1.165) is 15.2 Å². The van der Waals surface area contributed by atoms with E-state index in [9.17, 15) is 9.59 Å². The predicted molar refractivity (Wildman–Crippen MR) is 121 cm³/mol. The number of likely N-dealkylation sites (tertiary alicyclic amines) is 1. The molecule has 0 N–H and O–H groups in total. The van der Waals surface area contributed by atoms with Crippen molar-refractivity contribution >= 4 is 38.8 Å². The van der Waals surface area contributed by atoms with Crippen LogP contribution in [0.15, 0.2) is 65.3 Å². The van der Waals surface area contributed by atoms with Gasteiger partial charge < -0.3 is 14.4 Å². The van der Waals surface area contributed by atoms with Crippen molar-refractivity contribution < 1.29 is 19.1 Å². The van der Waals surface area contributed by atoms with E-state index in [0.29, 0.717) is 43.8 Å². The minimum absolute atomic E-state index is 0.322. The first kappa shape index (κ1) is 21.3. The lowest BCUT2D eigenvalue weighted by Crippen LogP contribution is -2.48. The zero-order valence-corrected chi connectivity index (χ0v) is 18.8. The van der Waals surface area contributed by atoms with Gasteiger partial charge in [-0.1, -0.05) is 42.5 Å². The van der Waals surface area contributed by atoms with Crippen molar-refractivity contribution in [2.24, 2.45) is 0 Å². The Balaban J connectivity index is 1.73. The van der Waals surface area contributed by atoms with Gasteiger partial charge in [-0.05, 0) is 40.4 Å². The van der Waals surface area contributed by atoms with Gasteiger partial charge in [-0.15, -0.1) is 0 Å². The molecule has 0 unspecified atom stereocenters. The van der Waals surface area contributed by atoms with E-state index in [2.05, 4.69) is 15.9 Å². The number of hydrogen-bond acceptors (Lipinski definition) is 5. The molecule has 0 radical (unpaired) electrons. The Kier molecular flexibility index (Phi) is 6.23.